The van der Waals surface area contributed by atoms with Crippen molar-refractivity contribution in [1.29, 1.82) is 0 Å². The van der Waals surface area contributed by atoms with Gasteiger partial charge in [0.2, 0.25) is 0 Å². The van der Waals surface area contributed by atoms with Crippen LogP contribution in [0.1, 0.15) is 43.7 Å². The highest BCUT2D eigenvalue weighted by Gasteiger charge is 2.21. The van der Waals surface area contributed by atoms with E-state index in [1.54, 1.807) is 7.05 Å². The summed E-state index contributed by atoms with van der Waals surface area (Å²) < 4.78 is 5.36. The first-order valence-corrected chi connectivity index (χ1v) is 7.19. The Morgan fingerprint density at radius 1 is 1.30 bits per heavy atom. The quantitative estimate of drug-likeness (QED) is 0.444. The Hall–Kier alpha value is -0.790. The van der Waals surface area contributed by atoms with Crippen molar-refractivity contribution in [2.75, 3.05) is 13.6 Å². The molecule has 0 atom stereocenters. The molecule has 5 nitrogen and oxygen atoms in total. The summed E-state index contributed by atoms with van der Waals surface area (Å²) in [6.07, 6.45) is 4.46. The fourth-order valence-corrected chi connectivity index (χ4v) is 2.09. The first-order chi connectivity index (χ1) is 9.28. The molecule has 1 aromatic heterocycles. The van der Waals surface area contributed by atoms with E-state index in [2.05, 4.69) is 34.6 Å². The van der Waals surface area contributed by atoms with Gasteiger partial charge in [0.05, 0.1) is 5.69 Å². The van der Waals surface area contributed by atoms with E-state index in [4.69, 9.17) is 4.52 Å². The van der Waals surface area contributed by atoms with Crippen molar-refractivity contribution in [2.45, 2.75) is 46.1 Å². The summed E-state index contributed by atoms with van der Waals surface area (Å²) >= 11 is 0. The van der Waals surface area contributed by atoms with Crippen LogP contribution >= 0.6 is 24.0 Å². The summed E-state index contributed by atoms with van der Waals surface area (Å²) in [5.74, 6) is 2.67. The third-order valence-electron chi connectivity index (χ3n) is 3.52. The van der Waals surface area contributed by atoms with Crippen molar-refractivity contribution in [2.24, 2.45) is 10.9 Å². The average molecular weight is 392 g/mol. The number of hydrogen-bond acceptors (Lipinski definition) is 3. The molecule has 1 aromatic rings. The second-order valence-electron chi connectivity index (χ2n) is 4.99. The number of hydrogen-bond donors (Lipinski definition) is 2. The molecule has 0 bridgehead atoms. The van der Waals surface area contributed by atoms with Crippen LogP contribution in [0.25, 0.3) is 0 Å². The molecule has 0 spiro atoms. The van der Waals surface area contributed by atoms with Gasteiger partial charge in [-0.25, -0.2) is 0 Å². The Morgan fingerprint density at radius 3 is 2.60 bits per heavy atom. The van der Waals surface area contributed by atoms with Crippen molar-refractivity contribution in [3.63, 3.8) is 0 Å². The van der Waals surface area contributed by atoms with Crippen molar-refractivity contribution in [3.8, 4) is 0 Å². The normalized spacial score (nSPS) is 14.8. The molecule has 2 rings (SSSR count). The van der Waals surface area contributed by atoms with E-state index >= 15 is 0 Å². The maximum Gasteiger partial charge on any atom is 0.191 e. The number of aryl methyl sites for hydroxylation is 2. The van der Waals surface area contributed by atoms with Gasteiger partial charge in [-0.15, -0.1) is 24.0 Å². The molecule has 1 aliphatic carbocycles. The van der Waals surface area contributed by atoms with Gasteiger partial charge in [-0.05, 0) is 25.2 Å². The lowest BCUT2D eigenvalue weighted by molar-refractivity contribution is 0.380. The number of aliphatic imine (C=N–C) groups is 1. The standard InChI is InChI=1S/C14H24N4O.HI/c1-4-12-11(13(5-2)19-18-12)9-17-14(15-3)16-8-10-6-7-10;/h10H,4-9H2,1-3H3,(H2,15,16,17);1H. The van der Waals surface area contributed by atoms with Gasteiger partial charge < -0.3 is 15.2 Å². The highest BCUT2D eigenvalue weighted by atomic mass is 127. The number of halogens is 1. The molecule has 0 aromatic carbocycles. The SMILES string of the molecule is CCc1noc(CC)c1CNC(=NC)NCC1CC1.I. The van der Waals surface area contributed by atoms with Crippen LogP contribution in [0.2, 0.25) is 0 Å². The Morgan fingerprint density at radius 2 is 2.05 bits per heavy atom. The molecule has 0 unspecified atom stereocenters. The molecule has 2 N–H and O–H groups in total. The van der Waals surface area contributed by atoms with Crippen molar-refractivity contribution < 1.29 is 4.52 Å². The van der Waals surface area contributed by atoms with Crippen LogP contribution in [0.5, 0.6) is 0 Å². The number of nitrogens with zero attached hydrogens (tertiary/aromatic N) is 2. The summed E-state index contributed by atoms with van der Waals surface area (Å²) in [5.41, 5.74) is 2.22. The Labute approximate surface area is 138 Å². The van der Waals surface area contributed by atoms with E-state index in [9.17, 15) is 0 Å². The molecular formula is C14H25IN4O. The number of aromatic nitrogens is 1. The predicted molar refractivity (Wildman–Crippen MR) is 91.6 cm³/mol. The molecule has 0 saturated heterocycles. The van der Waals surface area contributed by atoms with Crippen molar-refractivity contribution >= 4 is 29.9 Å². The highest BCUT2D eigenvalue weighted by Crippen LogP contribution is 2.27. The third-order valence-corrected chi connectivity index (χ3v) is 3.52. The zero-order valence-corrected chi connectivity index (χ0v) is 14.9. The lowest BCUT2D eigenvalue weighted by Gasteiger charge is -2.11. The number of guanidine groups is 1. The van der Waals surface area contributed by atoms with E-state index in [1.807, 2.05) is 0 Å². The fourth-order valence-electron chi connectivity index (χ4n) is 2.09. The molecule has 114 valence electrons. The van der Waals surface area contributed by atoms with E-state index in [0.717, 1.165) is 49.3 Å². The van der Waals surface area contributed by atoms with E-state index < -0.39 is 0 Å². The summed E-state index contributed by atoms with van der Waals surface area (Å²) in [5, 5.41) is 10.8. The average Bonchev–Trinajstić information content (AvgIpc) is 3.18. The third kappa shape index (κ3) is 4.64. The lowest BCUT2D eigenvalue weighted by Crippen LogP contribution is -2.38. The van der Waals surface area contributed by atoms with Crippen LogP contribution in [0.3, 0.4) is 0 Å². The van der Waals surface area contributed by atoms with Gasteiger partial charge in [-0.1, -0.05) is 19.0 Å². The maximum absolute atomic E-state index is 5.36. The number of nitrogens with one attached hydrogen (secondary N) is 2. The summed E-state index contributed by atoms with van der Waals surface area (Å²) in [6, 6.07) is 0. The van der Waals surface area contributed by atoms with Gasteiger partial charge >= 0.3 is 0 Å². The smallest absolute Gasteiger partial charge is 0.191 e. The van der Waals surface area contributed by atoms with Gasteiger partial charge in [0, 0.05) is 32.1 Å². The summed E-state index contributed by atoms with van der Waals surface area (Å²) in [6.45, 7) is 5.93. The summed E-state index contributed by atoms with van der Waals surface area (Å²) in [7, 11) is 1.80. The first-order valence-electron chi connectivity index (χ1n) is 7.19. The molecule has 0 amide bonds. The summed E-state index contributed by atoms with van der Waals surface area (Å²) in [4.78, 5) is 4.24. The van der Waals surface area contributed by atoms with E-state index in [1.165, 1.54) is 18.4 Å². The minimum atomic E-state index is 0. The maximum atomic E-state index is 5.36. The van der Waals surface area contributed by atoms with Crippen LogP contribution < -0.4 is 10.6 Å². The lowest BCUT2D eigenvalue weighted by atomic mass is 10.1. The zero-order chi connectivity index (χ0) is 13.7. The predicted octanol–water partition coefficient (Wildman–Crippen LogP) is 2.49. The van der Waals surface area contributed by atoms with Crippen LogP contribution in [0.4, 0.5) is 0 Å². The highest BCUT2D eigenvalue weighted by molar-refractivity contribution is 14.0. The molecule has 1 saturated carbocycles. The van der Waals surface area contributed by atoms with Crippen LogP contribution in [-0.4, -0.2) is 24.7 Å². The van der Waals surface area contributed by atoms with Crippen LogP contribution in [0.15, 0.2) is 9.52 Å². The molecule has 1 fully saturated rings. The molecule has 1 aliphatic rings. The van der Waals surface area contributed by atoms with Crippen molar-refractivity contribution in [3.05, 3.63) is 17.0 Å². The Kier molecular flexibility index (Phi) is 7.32. The molecule has 20 heavy (non-hydrogen) atoms. The molecular weight excluding hydrogens is 367 g/mol. The van der Waals surface area contributed by atoms with Gasteiger partial charge in [0.1, 0.15) is 5.76 Å². The van der Waals surface area contributed by atoms with Gasteiger partial charge in [-0.3, -0.25) is 4.99 Å². The van der Waals surface area contributed by atoms with Gasteiger partial charge in [0.15, 0.2) is 5.96 Å². The van der Waals surface area contributed by atoms with E-state index in [-0.39, 0.29) is 24.0 Å². The van der Waals surface area contributed by atoms with Crippen molar-refractivity contribution in [1.82, 2.24) is 15.8 Å². The second kappa shape index (κ2) is 8.49. The molecule has 1 heterocycles. The molecule has 0 aliphatic heterocycles. The molecule has 6 heteroatoms. The Balaban J connectivity index is 0.00000200. The van der Waals surface area contributed by atoms with Gasteiger partial charge in [-0.2, -0.15) is 0 Å². The van der Waals surface area contributed by atoms with Crippen LogP contribution in [-0.2, 0) is 19.4 Å². The minimum Gasteiger partial charge on any atom is -0.361 e. The minimum absolute atomic E-state index is 0. The largest absolute Gasteiger partial charge is 0.361 e. The topological polar surface area (TPSA) is 62.5 Å². The first kappa shape index (κ1) is 17.3. The second-order valence-corrected chi connectivity index (χ2v) is 4.99. The zero-order valence-electron chi connectivity index (χ0n) is 12.5. The Bertz CT molecular complexity index is 419. The molecule has 0 radical (unpaired) electrons. The van der Waals surface area contributed by atoms with Gasteiger partial charge in [0.25, 0.3) is 0 Å². The monoisotopic (exact) mass is 392 g/mol. The van der Waals surface area contributed by atoms with E-state index in [0.29, 0.717) is 0 Å². The van der Waals surface area contributed by atoms with Crippen LogP contribution in [0, 0.1) is 5.92 Å². The fraction of sp³-hybridized carbons (Fsp3) is 0.714. The number of rotatable bonds is 6.